The number of hydrogen-bond donors (Lipinski definition) is 3. The number of thiazole rings is 1. The summed E-state index contributed by atoms with van der Waals surface area (Å²) in [6, 6.07) is 36.1. The van der Waals surface area contributed by atoms with Crippen LogP contribution in [0.4, 0.5) is 0 Å². The molecule has 3 amide bonds. The fourth-order valence-electron chi connectivity index (χ4n) is 9.55. The molecule has 11 nitrogen and oxygen atoms in total. The van der Waals surface area contributed by atoms with Gasteiger partial charge in [-0.1, -0.05) is 131 Å². The van der Waals surface area contributed by atoms with E-state index in [9.17, 15) is 19.5 Å². The van der Waals surface area contributed by atoms with Crippen LogP contribution in [0, 0.1) is 12.3 Å². The van der Waals surface area contributed by atoms with Crippen LogP contribution < -0.4 is 15.4 Å². The SMILES string of the molecule is Cc1ncsc1-c1ccc(CNC(=O)[C@@H]2C[C@@H](O)CN2C(=O)C(NCCCCCCC(=O)N2CCN(CCOc3ccc(/C(=C(/CCCl)c4ccccc4)c4ccccc4)cc3)CC2)C(C)(C)C)cc1. The van der Waals surface area contributed by atoms with E-state index in [1.54, 1.807) is 16.2 Å². The third kappa shape index (κ3) is 14.4. The molecule has 1 aromatic heterocycles. The third-order valence-corrected chi connectivity index (χ3v) is 14.6. The first-order chi connectivity index (χ1) is 33.9. The molecule has 2 aliphatic rings. The highest BCUT2D eigenvalue weighted by Gasteiger charge is 2.43. The second kappa shape index (κ2) is 25.7. The van der Waals surface area contributed by atoms with E-state index in [0.717, 1.165) is 103 Å². The van der Waals surface area contributed by atoms with E-state index in [4.69, 9.17) is 16.3 Å². The Hall–Kier alpha value is -5.37. The van der Waals surface area contributed by atoms with Crippen molar-refractivity contribution in [2.75, 3.05) is 58.3 Å². The highest BCUT2D eigenvalue weighted by molar-refractivity contribution is 7.13. The van der Waals surface area contributed by atoms with Crippen molar-refractivity contribution in [1.82, 2.24) is 30.3 Å². The maximum absolute atomic E-state index is 14.1. The molecule has 5 aromatic rings. The number of likely N-dealkylation sites (tertiary alicyclic amines) is 1. The van der Waals surface area contributed by atoms with Crippen LogP contribution in [0.2, 0.25) is 0 Å². The lowest BCUT2D eigenvalue weighted by atomic mass is 9.85. The number of aromatic nitrogens is 1. The van der Waals surface area contributed by atoms with Crippen LogP contribution in [0.1, 0.15) is 93.7 Å². The van der Waals surface area contributed by atoms with Crippen LogP contribution in [0.15, 0.2) is 115 Å². The van der Waals surface area contributed by atoms with Crippen molar-refractivity contribution < 1.29 is 24.2 Å². The summed E-state index contributed by atoms with van der Waals surface area (Å²) in [7, 11) is 0. The van der Waals surface area contributed by atoms with Crippen molar-refractivity contribution in [3.05, 3.63) is 143 Å². The highest BCUT2D eigenvalue weighted by Crippen LogP contribution is 2.36. The van der Waals surface area contributed by atoms with Crippen molar-refractivity contribution in [3.8, 4) is 16.2 Å². The fourth-order valence-corrected chi connectivity index (χ4v) is 10.6. The van der Waals surface area contributed by atoms with Crippen LogP contribution in [-0.2, 0) is 20.9 Å². The Morgan fingerprint density at radius 1 is 0.829 bits per heavy atom. The molecule has 372 valence electrons. The number of aryl methyl sites for hydroxylation is 1. The van der Waals surface area contributed by atoms with Crippen LogP contribution in [0.5, 0.6) is 5.75 Å². The number of aliphatic hydroxyl groups is 1. The van der Waals surface area contributed by atoms with Gasteiger partial charge in [-0.05, 0) is 89.2 Å². The Labute approximate surface area is 424 Å². The number of β-amino-alcohol motifs (C(OH)–C–C–N with tert-alkyl or cyclic N) is 1. The number of halogens is 1. The number of amides is 3. The average Bonchev–Trinajstić information content (AvgIpc) is 3.99. The molecule has 1 unspecified atom stereocenters. The molecule has 3 heterocycles. The molecule has 7 rings (SSSR count). The summed E-state index contributed by atoms with van der Waals surface area (Å²) in [6.07, 6.45) is 4.30. The van der Waals surface area contributed by atoms with Crippen molar-refractivity contribution in [1.29, 1.82) is 0 Å². The van der Waals surface area contributed by atoms with Crippen LogP contribution in [-0.4, -0.2) is 119 Å². The topological polar surface area (TPSA) is 127 Å². The third-order valence-electron chi connectivity index (χ3n) is 13.4. The maximum atomic E-state index is 14.1. The van der Waals surface area contributed by atoms with Gasteiger partial charge in [0, 0.05) is 64.5 Å². The Kier molecular flexibility index (Phi) is 19.2. The zero-order chi connectivity index (χ0) is 49.5. The van der Waals surface area contributed by atoms with Gasteiger partial charge in [0.1, 0.15) is 18.4 Å². The van der Waals surface area contributed by atoms with Gasteiger partial charge in [-0.2, -0.15) is 0 Å². The van der Waals surface area contributed by atoms with Gasteiger partial charge >= 0.3 is 0 Å². The monoisotopic (exact) mass is 986 g/mol. The minimum Gasteiger partial charge on any atom is -0.492 e. The van der Waals surface area contributed by atoms with E-state index in [0.29, 0.717) is 32.0 Å². The van der Waals surface area contributed by atoms with E-state index in [2.05, 4.69) is 81.2 Å². The number of alkyl halides is 1. The quantitative estimate of drug-likeness (QED) is 0.0356. The van der Waals surface area contributed by atoms with Gasteiger partial charge in [-0.3, -0.25) is 19.3 Å². The summed E-state index contributed by atoms with van der Waals surface area (Å²) in [5.41, 5.74) is 10.3. The Morgan fingerprint density at radius 2 is 1.49 bits per heavy atom. The largest absolute Gasteiger partial charge is 0.492 e. The molecule has 4 aromatic carbocycles. The summed E-state index contributed by atoms with van der Waals surface area (Å²) >= 11 is 7.95. The summed E-state index contributed by atoms with van der Waals surface area (Å²) in [5.74, 6) is 1.14. The number of unbranched alkanes of at least 4 members (excludes halogenated alkanes) is 3. The number of nitrogens with zero attached hydrogens (tertiary/aromatic N) is 4. The number of rotatable bonds is 22. The lowest BCUT2D eigenvalue weighted by Crippen LogP contribution is -2.56. The van der Waals surface area contributed by atoms with Gasteiger partial charge in [-0.25, -0.2) is 4.98 Å². The second-order valence-electron chi connectivity index (χ2n) is 19.6. The number of aliphatic hydroxyl groups excluding tert-OH is 1. The molecule has 13 heteroatoms. The van der Waals surface area contributed by atoms with E-state index < -0.39 is 23.6 Å². The first-order valence-electron chi connectivity index (χ1n) is 25.0. The molecule has 3 N–H and O–H groups in total. The van der Waals surface area contributed by atoms with Crippen molar-refractivity contribution >= 4 is 51.8 Å². The summed E-state index contributed by atoms with van der Waals surface area (Å²) < 4.78 is 6.22. The zero-order valence-corrected chi connectivity index (χ0v) is 43.0. The molecule has 2 fully saturated rings. The maximum Gasteiger partial charge on any atom is 0.243 e. The van der Waals surface area contributed by atoms with Gasteiger partial charge in [0.2, 0.25) is 17.7 Å². The molecule has 0 aliphatic carbocycles. The van der Waals surface area contributed by atoms with Gasteiger partial charge in [-0.15, -0.1) is 22.9 Å². The minimum atomic E-state index is -0.760. The number of benzene rings is 4. The van der Waals surface area contributed by atoms with Gasteiger partial charge in [0.25, 0.3) is 0 Å². The van der Waals surface area contributed by atoms with Crippen LogP contribution in [0.3, 0.4) is 0 Å². The molecule has 0 saturated carbocycles. The van der Waals surface area contributed by atoms with Gasteiger partial charge in [0.15, 0.2) is 0 Å². The molecule has 2 saturated heterocycles. The molecule has 3 atom stereocenters. The summed E-state index contributed by atoms with van der Waals surface area (Å²) in [5, 5.41) is 17.1. The predicted octanol–water partition coefficient (Wildman–Crippen LogP) is 9.46. The number of carbonyl (C=O) groups is 3. The average molecular weight is 988 g/mol. The van der Waals surface area contributed by atoms with E-state index >= 15 is 0 Å². The first kappa shape index (κ1) is 52.5. The minimum absolute atomic E-state index is 0.128. The molecule has 0 radical (unpaired) electrons. The molecule has 70 heavy (non-hydrogen) atoms. The number of allylic oxidation sites excluding steroid dienone is 1. The molecular weight excluding hydrogens is 916 g/mol. The number of ether oxygens (including phenoxy) is 1. The molecule has 0 spiro atoms. The fraction of sp³-hybridized carbons (Fsp3) is 0.439. The number of piperazine rings is 1. The molecule has 0 bridgehead atoms. The molecular formula is C57H71ClN6O5S. The Balaban J connectivity index is 0.787. The summed E-state index contributed by atoms with van der Waals surface area (Å²) in [4.78, 5) is 52.1. The van der Waals surface area contributed by atoms with Crippen molar-refractivity contribution in [2.24, 2.45) is 5.41 Å². The zero-order valence-electron chi connectivity index (χ0n) is 41.4. The van der Waals surface area contributed by atoms with Crippen molar-refractivity contribution in [3.63, 3.8) is 0 Å². The highest BCUT2D eigenvalue weighted by atomic mass is 35.5. The second-order valence-corrected chi connectivity index (χ2v) is 20.8. The number of hydrogen-bond acceptors (Lipinski definition) is 9. The van der Waals surface area contributed by atoms with Gasteiger partial charge < -0.3 is 30.3 Å². The lowest BCUT2D eigenvalue weighted by molar-refractivity contribution is -0.142. The predicted molar refractivity (Wildman–Crippen MR) is 284 cm³/mol. The van der Waals surface area contributed by atoms with E-state index in [-0.39, 0.29) is 30.7 Å². The lowest BCUT2D eigenvalue weighted by Gasteiger charge is -2.35. The molecule has 2 aliphatic heterocycles. The number of nitrogens with one attached hydrogen (secondary N) is 2. The smallest absolute Gasteiger partial charge is 0.243 e. The number of carbonyl (C=O) groups excluding carboxylic acids is 3. The standard InChI is InChI=1S/C57H71ClN6O5S/c1-41-53(70-40-61-41)46-22-20-42(21-23-46)38-60-55(67)50-37-47(65)39-64(50)56(68)54(57(2,3)4)59-30-14-6-5-13-19-51(66)63-33-31-62(32-34-63)35-36-69-48-26-24-45(25-27-48)52(44-17-11-8-12-18-44)49(28-29-58)43-15-9-7-10-16-43/h7-12,15-18,20-27,40,47,50,54,59,65H,5-6,13-14,19,28-39H2,1-4H3,(H,60,67)/b52-49-/t47-,50+,54?/m1/s1. The normalized spacial score (nSPS) is 17.3. The van der Waals surface area contributed by atoms with Crippen molar-refractivity contribution in [2.45, 2.75) is 97.4 Å². The van der Waals surface area contributed by atoms with Crippen LogP contribution >= 0.6 is 22.9 Å². The van der Waals surface area contributed by atoms with E-state index in [1.807, 2.05) is 86.6 Å². The first-order valence-corrected chi connectivity index (χ1v) is 26.4. The van der Waals surface area contributed by atoms with Crippen LogP contribution in [0.25, 0.3) is 21.6 Å². The summed E-state index contributed by atoms with van der Waals surface area (Å²) in [6.45, 7) is 13.6. The van der Waals surface area contributed by atoms with E-state index in [1.165, 1.54) is 16.7 Å². The van der Waals surface area contributed by atoms with Gasteiger partial charge in [0.05, 0.1) is 28.2 Å². The Morgan fingerprint density at radius 3 is 2.13 bits per heavy atom. The Bertz CT molecular complexity index is 2470.